The van der Waals surface area contributed by atoms with Crippen molar-refractivity contribution in [3.63, 3.8) is 0 Å². The van der Waals surface area contributed by atoms with Gasteiger partial charge >= 0.3 is 30.9 Å². The molecule has 204 valence electrons. The number of hydrogen-bond donors (Lipinski definition) is 4. The second kappa shape index (κ2) is 11.1. The molecule has 3 heterocycles. The first-order valence-electron chi connectivity index (χ1n) is 12.0. The topological polar surface area (TPSA) is 186 Å². The average Bonchev–Trinajstić information content (AvgIpc) is 2.89. The van der Waals surface area contributed by atoms with Gasteiger partial charge in [-0.15, -0.1) is 0 Å². The Kier molecular flexibility index (Phi) is 7.81. The van der Waals surface area contributed by atoms with Crippen molar-refractivity contribution in [2.24, 2.45) is 0 Å². The van der Waals surface area contributed by atoms with Gasteiger partial charge in [-0.05, 0) is 31.0 Å². The van der Waals surface area contributed by atoms with Crippen LogP contribution in [0.15, 0.2) is 35.1 Å². The molecular weight excluding hydrogens is 518 g/mol. The number of halogens is 1. The number of carboxylic acids is 1. The largest absolute Gasteiger partial charge is 0.535 e. The highest BCUT2D eigenvalue weighted by atomic mass is 19.1. The molecule has 4 amide bonds. The molecule has 15 heteroatoms. The van der Waals surface area contributed by atoms with E-state index in [2.05, 4.69) is 5.32 Å². The van der Waals surface area contributed by atoms with Gasteiger partial charge in [0.2, 0.25) is 5.56 Å². The molecule has 0 aliphatic carbocycles. The Bertz CT molecular complexity index is 1410. The van der Waals surface area contributed by atoms with E-state index in [0.29, 0.717) is 10.5 Å². The molecule has 1 saturated heterocycles. The monoisotopic (exact) mass is 542 g/mol. The number of nitrogens with zero attached hydrogens (tertiary/aromatic N) is 2. The molecule has 2 aromatic rings. The van der Waals surface area contributed by atoms with Gasteiger partial charge in [0.1, 0.15) is 11.8 Å². The molecule has 4 rings (SSSR count). The van der Waals surface area contributed by atoms with Crippen LogP contribution in [0.25, 0.3) is 0 Å². The third-order valence-electron chi connectivity index (χ3n) is 6.65. The Labute approximate surface area is 220 Å². The predicted octanol–water partition coefficient (Wildman–Crippen LogP) is 0.0986. The molecule has 1 unspecified atom stereocenters. The van der Waals surface area contributed by atoms with Crippen LogP contribution in [-0.2, 0) is 20.8 Å². The summed E-state index contributed by atoms with van der Waals surface area (Å²) < 4.78 is 20.1. The molecule has 0 radical (unpaired) electrons. The third-order valence-corrected chi connectivity index (χ3v) is 6.65. The van der Waals surface area contributed by atoms with E-state index in [1.54, 1.807) is 13.0 Å². The highest BCUT2D eigenvalue weighted by Gasteiger charge is 2.41. The number of carboxylic acid groups (broad SMARTS) is 1. The minimum atomic E-state index is -1.71. The minimum absolute atomic E-state index is 0.0318. The van der Waals surface area contributed by atoms with Crippen molar-refractivity contribution in [1.29, 1.82) is 0 Å². The van der Waals surface area contributed by atoms with E-state index in [0.717, 1.165) is 12.1 Å². The number of nitrogens with one attached hydrogen (secondary N) is 2. The number of aromatic amines is 1. The smallest absolute Gasteiger partial charge is 0.526 e. The minimum Gasteiger partial charge on any atom is -0.535 e. The number of likely N-dealkylation sites (N-methyl/N-ethyl adjacent to an activating group) is 1. The number of amides is 4. The van der Waals surface area contributed by atoms with Crippen LogP contribution in [0.5, 0.6) is 5.75 Å². The van der Waals surface area contributed by atoms with Gasteiger partial charge in [-0.2, -0.15) is 4.39 Å². The molecule has 1 aromatic heterocycles. The van der Waals surface area contributed by atoms with Gasteiger partial charge in [0.05, 0.1) is 5.56 Å². The molecule has 4 N–H and O–H groups in total. The molecule has 2 aliphatic rings. The van der Waals surface area contributed by atoms with E-state index in [1.807, 2.05) is 4.98 Å². The number of fused-ring (bicyclic) bond motifs is 1. The van der Waals surface area contributed by atoms with E-state index >= 15 is 0 Å². The first-order valence-corrected chi connectivity index (χ1v) is 12.0. The fourth-order valence-electron chi connectivity index (χ4n) is 4.59. The Hall–Kier alpha value is -4.53. The molecule has 1 fully saturated rings. The molecule has 13 nitrogen and oxygen atoms in total. The van der Waals surface area contributed by atoms with Crippen molar-refractivity contribution in [3.05, 3.63) is 63.3 Å². The molecule has 1 aromatic carbocycles. The van der Waals surface area contributed by atoms with Crippen molar-refractivity contribution in [3.8, 4) is 5.75 Å². The Morgan fingerprint density at radius 3 is 2.59 bits per heavy atom. The van der Waals surface area contributed by atoms with Crippen molar-refractivity contribution in [2.45, 2.75) is 31.6 Å². The summed E-state index contributed by atoms with van der Waals surface area (Å²) in [6.45, 7) is 1.84. The van der Waals surface area contributed by atoms with Crippen LogP contribution < -0.4 is 15.5 Å². The second-order valence-corrected chi connectivity index (χ2v) is 9.06. The summed E-state index contributed by atoms with van der Waals surface area (Å²) >= 11 is 0. The average molecular weight is 542 g/mol. The van der Waals surface area contributed by atoms with Crippen LogP contribution >= 0.6 is 0 Å². The predicted molar refractivity (Wildman–Crippen MR) is 131 cm³/mol. The first kappa shape index (κ1) is 27.5. The number of Topliss-reactive ketones (excluding diaryl/α,β-unsaturated/α-hetero) is 1. The number of carbonyl (C=O) groups is 5. The number of aromatic carboxylic acids is 1. The third kappa shape index (κ3) is 5.52. The van der Waals surface area contributed by atoms with Gasteiger partial charge in [0.25, 0.3) is 0 Å². The van der Waals surface area contributed by atoms with Crippen molar-refractivity contribution in [2.75, 3.05) is 19.6 Å². The Morgan fingerprint density at radius 1 is 1.18 bits per heavy atom. The number of H-pyrrole nitrogens is 1. The molecule has 39 heavy (non-hydrogen) atoms. The number of pyridine rings is 1. The summed E-state index contributed by atoms with van der Waals surface area (Å²) in [5, 5.41) is 22.2. The van der Waals surface area contributed by atoms with Crippen LogP contribution in [0.4, 0.5) is 9.18 Å². The van der Waals surface area contributed by atoms with Crippen LogP contribution in [0.3, 0.4) is 0 Å². The maximum absolute atomic E-state index is 14.7. The molecule has 2 aliphatic heterocycles. The van der Waals surface area contributed by atoms with E-state index in [-0.39, 0.29) is 37.4 Å². The zero-order chi connectivity index (χ0) is 28.4. The number of carbonyl (C=O) groups excluding carboxylic acids is 4. The quantitative estimate of drug-likeness (QED) is 0.214. The summed E-state index contributed by atoms with van der Waals surface area (Å²) in [5.41, 5.74) is -0.947. The normalized spacial score (nSPS) is 17.8. The zero-order valence-electron chi connectivity index (χ0n) is 20.7. The number of rotatable bonds is 7. The lowest BCUT2D eigenvalue weighted by atomic mass is 9.64. The van der Waals surface area contributed by atoms with Gasteiger partial charge in [-0.25, -0.2) is 9.59 Å². The molecule has 0 saturated carbocycles. The number of hydrogen-bond acceptors (Lipinski definition) is 8. The SMILES string of the molecule is CCN1CCN(C(=O)NC(C(=O)C[C@H]2Cc3cccc(C(=O)O)c3OB2O)c2ccc(=O)[nH]c2F)C(=O)C1=O. The number of ketones is 1. The van der Waals surface area contributed by atoms with Gasteiger partial charge in [0, 0.05) is 43.5 Å². The molecule has 0 bridgehead atoms. The fourth-order valence-corrected chi connectivity index (χ4v) is 4.59. The highest BCUT2D eigenvalue weighted by Crippen LogP contribution is 2.37. The molecule has 0 spiro atoms. The second-order valence-electron chi connectivity index (χ2n) is 9.06. The summed E-state index contributed by atoms with van der Waals surface area (Å²) in [6.07, 6.45) is -0.429. The highest BCUT2D eigenvalue weighted by molar-refractivity contribution is 6.47. The van der Waals surface area contributed by atoms with E-state index < -0.39 is 72.1 Å². The van der Waals surface area contributed by atoms with Crippen LogP contribution in [0.1, 0.15) is 40.9 Å². The standard InChI is InChI=1S/C24H24BFN4O9/c1-2-29-8-9-30(22(34)21(29)33)24(37)28-18(14-6-7-17(32)27-20(14)26)16(31)11-13-10-12-4-3-5-15(23(35)36)19(12)39-25(13)38/h3-7,13,18,38H,2,8-11H2,1H3,(H,27,32)(H,28,37)(H,35,36)/t13-,18?/m1/s1. The Morgan fingerprint density at radius 2 is 1.92 bits per heavy atom. The van der Waals surface area contributed by atoms with Gasteiger partial charge in [0.15, 0.2) is 11.7 Å². The van der Waals surface area contributed by atoms with Crippen LogP contribution in [0, 0.1) is 5.95 Å². The maximum Gasteiger partial charge on any atom is 0.526 e. The number of benzene rings is 1. The molecular formula is C24H24BFN4O9. The summed E-state index contributed by atoms with van der Waals surface area (Å²) in [5.74, 6) is -6.23. The number of imide groups is 1. The summed E-state index contributed by atoms with van der Waals surface area (Å²) in [6, 6.07) is 3.48. The lowest BCUT2D eigenvalue weighted by molar-refractivity contribution is -0.153. The number of piperazine rings is 1. The maximum atomic E-state index is 14.7. The zero-order valence-corrected chi connectivity index (χ0v) is 20.7. The lowest BCUT2D eigenvalue weighted by Gasteiger charge is -2.33. The number of para-hydroxylation sites is 1. The Balaban J connectivity index is 1.58. The van der Waals surface area contributed by atoms with Crippen molar-refractivity contribution >= 4 is 36.7 Å². The van der Waals surface area contributed by atoms with Gasteiger partial charge in [-0.1, -0.05) is 12.1 Å². The number of urea groups is 1. The van der Waals surface area contributed by atoms with Crippen molar-refractivity contribution < 1.29 is 43.1 Å². The summed E-state index contributed by atoms with van der Waals surface area (Å²) in [7, 11) is -1.60. The van der Waals surface area contributed by atoms with Gasteiger partial charge in [-0.3, -0.25) is 29.1 Å². The van der Waals surface area contributed by atoms with Crippen LogP contribution in [-0.4, -0.2) is 81.3 Å². The lowest BCUT2D eigenvalue weighted by Crippen LogP contribution is -2.58. The molecule has 2 atom stereocenters. The van der Waals surface area contributed by atoms with E-state index in [1.165, 1.54) is 17.0 Å². The van der Waals surface area contributed by atoms with Crippen molar-refractivity contribution in [1.82, 2.24) is 20.1 Å². The summed E-state index contributed by atoms with van der Waals surface area (Å²) in [4.78, 5) is 77.9. The fraction of sp³-hybridized carbons (Fsp3) is 0.333. The number of aromatic nitrogens is 1. The van der Waals surface area contributed by atoms with E-state index in [9.17, 15) is 43.3 Å². The van der Waals surface area contributed by atoms with E-state index in [4.69, 9.17) is 4.65 Å². The van der Waals surface area contributed by atoms with Crippen LogP contribution in [0.2, 0.25) is 5.82 Å². The van der Waals surface area contributed by atoms with Gasteiger partial charge < -0.3 is 25.0 Å². The first-order chi connectivity index (χ1) is 18.5.